The van der Waals surface area contributed by atoms with E-state index in [9.17, 15) is 19.2 Å². The number of methoxy groups -OCH3 is 1. The molecule has 0 spiro atoms. The molecule has 162 valence electrons. The number of carbonyl (C=O) groups excluding carboxylic acids is 3. The van der Waals surface area contributed by atoms with Gasteiger partial charge in [0.05, 0.1) is 7.11 Å². The van der Waals surface area contributed by atoms with E-state index in [4.69, 9.17) is 5.11 Å². The molecule has 2 heterocycles. The van der Waals surface area contributed by atoms with Crippen LogP contribution in [0.25, 0.3) is 0 Å². The van der Waals surface area contributed by atoms with Crippen LogP contribution in [-0.4, -0.2) is 49.1 Å². The maximum atomic E-state index is 11.9. The molecule has 0 saturated carbocycles. The van der Waals surface area contributed by atoms with Gasteiger partial charge in [-0.2, -0.15) is 0 Å². The van der Waals surface area contributed by atoms with Crippen molar-refractivity contribution < 1.29 is 29.0 Å². The zero-order valence-electron chi connectivity index (χ0n) is 17.1. The van der Waals surface area contributed by atoms with Crippen molar-refractivity contribution in [3.63, 3.8) is 0 Å². The van der Waals surface area contributed by atoms with Crippen LogP contribution in [0.4, 0.5) is 11.4 Å². The number of rotatable bonds is 4. The lowest BCUT2D eigenvalue weighted by molar-refractivity contribution is -0.148. The summed E-state index contributed by atoms with van der Waals surface area (Å²) in [6.07, 6.45) is 0.920. The predicted octanol–water partition coefficient (Wildman–Crippen LogP) is 2.34. The first-order chi connectivity index (χ1) is 14.9. The van der Waals surface area contributed by atoms with Gasteiger partial charge in [0.15, 0.2) is 0 Å². The van der Waals surface area contributed by atoms with Gasteiger partial charge in [-0.1, -0.05) is 36.4 Å². The molecule has 2 fully saturated rings. The second kappa shape index (κ2) is 9.88. The van der Waals surface area contributed by atoms with Gasteiger partial charge in [-0.25, -0.2) is 0 Å². The van der Waals surface area contributed by atoms with E-state index in [1.165, 1.54) is 12.0 Å². The molecule has 2 aromatic rings. The van der Waals surface area contributed by atoms with Gasteiger partial charge in [0.1, 0.15) is 11.8 Å². The maximum absolute atomic E-state index is 11.9. The molecule has 0 radical (unpaired) electrons. The Morgan fingerprint density at radius 1 is 0.806 bits per heavy atom. The fourth-order valence-corrected chi connectivity index (χ4v) is 3.68. The molecule has 2 atom stereocenters. The Labute approximate surface area is 180 Å². The molecule has 31 heavy (non-hydrogen) atoms. The molecule has 2 amide bonds. The number of aliphatic carboxylic acids is 1. The van der Waals surface area contributed by atoms with Crippen LogP contribution in [0.5, 0.6) is 0 Å². The van der Waals surface area contributed by atoms with Crippen LogP contribution in [0.3, 0.4) is 0 Å². The van der Waals surface area contributed by atoms with Crippen LogP contribution in [0, 0.1) is 11.8 Å². The van der Waals surface area contributed by atoms with Gasteiger partial charge in [-0.3, -0.25) is 19.2 Å². The largest absolute Gasteiger partial charge is 0.481 e. The number of hydrogen-bond acceptors (Lipinski definition) is 5. The topological polar surface area (TPSA) is 104 Å². The van der Waals surface area contributed by atoms with E-state index in [1.54, 1.807) is 4.90 Å². The summed E-state index contributed by atoms with van der Waals surface area (Å²) in [4.78, 5) is 48.9. The number of ether oxygens (including phenoxy) is 1. The molecular formula is C23H24N2O6. The van der Waals surface area contributed by atoms with Crippen LogP contribution in [0.1, 0.15) is 12.8 Å². The van der Waals surface area contributed by atoms with Crippen molar-refractivity contribution >= 4 is 35.1 Å². The van der Waals surface area contributed by atoms with Crippen LogP contribution in [-0.2, 0) is 23.9 Å². The second-order valence-corrected chi connectivity index (χ2v) is 7.19. The Kier molecular flexibility index (Phi) is 7.02. The van der Waals surface area contributed by atoms with E-state index in [2.05, 4.69) is 4.74 Å². The van der Waals surface area contributed by atoms with Crippen LogP contribution in [0.15, 0.2) is 60.7 Å². The standard InChI is InChI=1S/C12H13NO3.C11H11NO3/c1-16-12(15)10-7-8-13(11(10)14)9-5-3-2-4-6-9;13-10-9(11(14)15)6-7-12(10)8-4-2-1-3-5-8/h2-6,10H,7-8H2,1H3;1-5,9H,6-7H2,(H,14,15). The number of carboxylic acids is 1. The fourth-order valence-electron chi connectivity index (χ4n) is 3.68. The molecule has 1 N–H and O–H groups in total. The Morgan fingerprint density at radius 2 is 1.23 bits per heavy atom. The first-order valence-electron chi connectivity index (χ1n) is 9.97. The third kappa shape index (κ3) is 4.91. The van der Waals surface area contributed by atoms with Gasteiger partial charge in [0.2, 0.25) is 11.8 Å². The molecule has 2 aliphatic heterocycles. The van der Waals surface area contributed by atoms with Crippen LogP contribution < -0.4 is 9.80 Å². The van der Waals surface area contributed by atoms with E-state index < -0.39 is 23.8 Å². The fraction of sp³-hybridized carbons (Fsp3) is 0.304. The monoisotopic (exact) mass is 424 g/mol. The number of nitrogens with zero attached hydrogens (tertiary/aromatic N) is 2. The van der Waals surface area contributed by atoms with Gasteiger partial charge in [0.25, 0.3) is 0 Å². The third-order valence-electron chi connectivity index (χ3n) is 5.33. The molecule has 8 heteroatoms. The lowest BCUT2D eigenvalue weighted by atomic mass is 10.1. The highest BCUT2D eigenvalue weighted by Crippen LogP contribution is 2.26. The molecule has 0 aromatic heterocycles. The van der Waals surface area contributed by atoms with Crippen molar-refractivity contribution in [3.05, 3.63) is 60.7 Å². The Balaban J connectivity index is 0.000000176. The first-order valence-corrected chi connectivity index (χ1v) is 9.97. The van der Waals surface area contributed by atoms with Gasteiger partial charge < -0.3 is 19.6 Å². The highest BCUT2D eigenvalue weighted by Gasteiger charge is 2.38. The summed E-state index contributed by atoms with van der Waals surface area (Å²) in [5, 5.41) is 8.80. The normalized spacial score (nSPS) is 20.3. The van der Waals surface area contributed by atoms with Gasteiger partial charge in [0, 0.05) is 24.5 Å². The minimum Gasteiger partial charge on any atom is -0.481 e. The molecule has 0 bridgehead atoms. The van der Waals surface area contributed by atoms with Gasteiger partial charge in [-0.15, -0.1) is 0 Å². The Hall–Kier alpha value is -3.68. The Morgan fingerprint density at radius 3 is 1.61 bits per heavy atom. The molecule has 2 saturated heterocycles. The summed E-state index contributed by atoms with van der Waals surface area (Å²) in [6.45, 7) is 1.06. The lowest BCUT2D eigenvalue weighted by Gasteiger charge is -2.15. The number of hydrogen-bond donors (Lipinski definition) is 1. The van der Waals surface area contributed by atoms with Crippen molar-refractivity contribution in [2.75, 3.05) is 30.0 Å². The zero-order valence-corrected chi connectivity index (χ0v) is 17.1. The summed E-state index contributed by atoms with van der Waals surface area (Å²) in [6, 6.07) is 18.5. The van der Waals surface area contributed by atoms with E-state index >= 15 is 0 Å². The van der Waals surface area contributed by atoms with Crippen molar-refractivity contribution in [2.45, 2.75) is 12.8 Å². The summed E-state index contributed by atoms with van der Waals surface area (Å²) in [7, 11) is 1.31. The number of para-hydroxylation sites is 2. The molecule has 0 aliphatic carbocycles. The molecule has 2 aromatic carbocycles. The lowest BCUT2D eigenvalue weighted by Crippen LogP contribution is -2.30. The summed E-state index contributed by atoms with van der Waals surface area (Å²) >= 11 is 0. The van der Waals surface area contributed by atoms with Crippen molar-refractivity contribution in [1.82, 2.24) is 0 Å². The maximum Gasteiger partial charge on any atom is 0.318 e. The second-order valence-electron chi connectivity index (χ2n) is 7.19. The first kappa shape index (κ1) is 22.0. The van der Waals surface area contributed by atoms with E-state index in [-0.39, 0.29) is 11.8 Å². The minimum absolute atomic E-state index is 0.168. The molecular weight excluding hydrogens is 400 g/mol. The van der Waals surface area contributed by atoms with Gasteiger partial charge in [-0.05, 0) is 37.1 Å². The van der Waals surface area contributed by atoms with Gasteiger partial charge >= 0.3 is 11.9 Å². The smallest absolute Gasteiger partial charge is 0.318 e. The Bertz CT molecular complexity index is 947. The third-order valence-corrected chi connectivity index (χ3v) is 5.33. The SMILES string of the molecule is COC(=O)C1CCN(c2ccccc2)C1=O.O=C(O)C1CCN(c2ccccc2)C1=O. The number of benzene rings is 2. The molecule has 2 aliphatic rings. The van der Waals surface area contributed by atoms with E-state index in [0.717, 1.165) is 11.4 Å². The number of esters is 1. The van der Waals surface area contributed by atoms with E-state index in [1.807, 2.05) is 60.7 Å². The molecule has 2 unspecified atom stereocenters. The summed E-state index contributed by atoms with van der Waals surface area (Å²) < 4.78 is 4.60. The molecule has 8 nitrogen and oxygen atoms in total. The highest BCUT2D eigenvalue weighted by molar-refractivity contribution is 6.08. The average molecular weight is 424 g/mol. The average Bonchev–Trinajstić information content (AvgIpc) is 3.37. The number of anilines is 2. The minimum atomic E-state index is -1.03. The zero-order chi connectivity index (χ0) is 22.4. The predicted molar refractivity (Wildman–Crippen MR) is 113 cm³/mol. The van der Waals surface area contributed by atoms with Crippen molar-refractivity contribution in [2.24, 2.45) is 11.8 Å². The number of amides is 2. The quantitative estimate of drug-likeness (QED) is 0.597. The number of carboxylic acid groups (broad SMARTS) is 1. The highest BCUT2D eigenvalue weighted by atomic mass is 16.5. The van der Waals surface area contributed by atoms with Crippen molar-refractivity contribution in [1.29, 1.82) is 0 Å². The van der Waals surface area contributed by atoms with E-state index in [0.29, 0.717) is 25.9 Å². The summed E-state index contributed by atoms with van der Waals surface area (Å²) in [5.41, 5.74) is 1.60. The number of carbonyl (C=O) groups is 4. The van der Waals surface area contributed by atoms with Crippen LogP contribution >= 0.6 is 0 Å². The van der Waals surface area contributed by atoms with Crippen LogP contribution in [0.2, 0.25) is 0 Å². The molecule has 4 rings (SSSR count). The van der Waals surface area contributed by atoms with Crippen molar-refractivity contribution in [3.8, 4) is 0 Å². The summed E-state index contributed by atoms with van der Waals surface area (Å²) in [5.74, 6) is -3.45.